The average Bonchev–Trinajstić information content (AvgIpc) is 2.70. The van der Waals surface area contributed by atoms with Crippen LogP contribution in [0.25, 0.3) is 6.08 Å². The smallest absolute Gasteiger partial charge is 0.160 e. The summed E-state index contributed by atoms with van der Waals surface area (Å²) < 4.78 is 16.2. The molecular formula is C20H24O7. The lowest BCUT2D eigenvalue weighted by atomic mass is 10.0. The van der Waals surface area contributed by atoms with Crippen LogP contribution in [-0.2, 0) is 0 Å². The van der Waals surface area contributed by atoms with Crippen LogP contribution in [0.1, 0.15) is 17.2 Å². The fourth-order valence-electron chi connectivity index (χ4n) is 2.60. The van der Waals surface area contributed by atoms with Crippen LogP contribution < -0.4 is 14.2 Å². The molecule has 0 bridgehead atoms. The molecule has 0 radical (unpaired) electrons. The Morgan fingerprint density at radius 3 is 2.33 bits per heavy atom. The zero-order chi connectivity index (χ0) is 19.8. The summed E-state index contributed by atoms with van der Waals surface area (Å²) in [5, 5.41) is 39.1. The summed E-state index contributed by atoms with van der Waals surface area (Å²) in [5.74, 6) is 1.05. The quantitative estimate of drug-likeness (QED) is 0.529. The fourth-order valence-corrected chi connectivity index (χ4v) is 2.60. The van der Waals surface area contributed by atoms with E-state index in [0.29, 0.717) is 22.6 Å². The van der Waals surface area contributed by atoms with Gasteiger partial charge >= 0.3 is 0 Å². The molecule has 0 saturated carbocycles. The molecule has 2 rings (SSSR count). The van der Waals surface area contributed by atoms with Gasteiger partial charge in [0.1, 0.15) is 17.6 Å². The molecule has 0 spiro atoms. The van der Waals surface area contributed by atoms with Crippen molar-refractivity contribution in [3.05, 3.63) is 53.6 Å². The number of aromatic hydroxyl groups is 1. The molecule has 7 nitrogen and oxygen atoms in total. The molecule has 2 atom stereocenters. The van der Waals surface area contributed by atoms with E-state index in [1.807, 2.05) is 0 Å². The molecule has 2 aromatic rings. The van der Waals surface area contributed by atoms with Crippen LogP contribution >= 0.6 is 0 Å². The highest BCUT2D eigenvalue weighted by atomic mass is 16.5. The molecule has 2 aromatic carbocycles. The first kappa shape index (κ1) is 20.6. The molecule has 146 valence electrons. The predicted octanol–water partition coefficient (Wildman–Crippen LogP) is 1.89. The van der Waals surface area contributed by atoms with Gasteiger partial charge in [-0.25, -0.2) is 0 Å². The van der Waals surface area contributed by atoms with Crippen LogP contribution in [0.3, 0.4) is 0 Å². The highest BCUT2D eigenvalue weighted by Gasteiger charge is 2.24. The van der Waals surface area contributed by atoms with Gasteiger partial charge in [-0.1, -0.05) is 18.2 Å². The first-order valence-corrected chi connectivity index (χ1v) is 8.32. The second-order valence-electron chi connectivity index (χ2n) is 5.67. The summed E-state index contributed by atoms with van der Waals surface area (Å²) in [6, 6.07) is 9.52. The Morgan fingerprint density at radius 1 is 1.00 bits per heavy atom. The van der Waals surface area contributed by atoms with Gasteiger partial charge in [-0.3, -0.25) is 0 Å². The molecule has 0 unspecified atom stereocenters. The highest BCUT2D eigenvalue weighted by Crippen LogP contribution is 2.34. The minimum absolute atomic E-state index is 0.0564. The standard InChI is InChI=1S/C20H24O7/c1-25-16-6-3-7-17(14(16)5-4-10-21)27-19(12-22)20(24)13-8-9-15(23)18(11-13)26-2/h3-9,11,19-24H,10,12H2,1-2H3/t19-,20-/m1/s1. The van der Waals surface area contributed by atoms with E-state index in [0.717, 1.165) is 0 Å². The zero-order valence-corrected chi connectivity index (χ0v) is 15.2. The van der Waals surface area contributed by atoms with Gasteiger partial charge in [0.15, 0.2) is 17.6 Å². The number of rotatable bonds is 9. The minimum Gasteiger partial charge on any atom is -0.504 e. The number of ether oxygens (including phenoxy) is 3. The minimum atomic E-state index is -1.18. The Balaban J connectivity index is 2.32. The van der Waals surface area contributed by atoms with Crippen molar-refractivity contribution in [2.45, 2.75) is 12.2 Å². The number of aliphatic hydroxyl groups excluding tert-OH is 3. The number of benzene rings is 2. The lowest BCUT2D eigenvalue weighted by molar-refractivity contribution is 0.000462. The normalized spacial score (nSPS) is 13.4. The highest BCUT2D eigenvalue weighted by molar-refractivity contribution is 5.64. The van der Waals surface area contributed by atoms with Crippen LogP contribution in [0.5, 0.6) is 23.0 Å². The van der Waals surface area contributed by atoms with E-state index >= 15 is 0 Å². The second kappa shape index (κ2) is 9.82. The van der Waals surface area contributed by atoms with Crippen LogP contribution in [0.2, 0.25) is 0 Å². The Hall–Kier alpha value is -2.74. The van der Waals surface area contributed by atoms with E-state index in [-0.39, 0.29) is 18.1 Å². The van der Waals surface area contributed by atoms with Crippen molar-refractivity contribution < 1.29 is 34.6 Å². The first-order chi connectivity index (χ1) is 13.0. The van der Waals surface area contributed by atoms with Gasteiger partial charge in [0.25, 0.3) is 0 Å². The fraction of sp³-hybridized carbons (Fsp3) is 0.300. The second-order valence-corrected chi connectivity index (χ2v) is 5.67. The monoisotopic (exact) mass is 376 g/mol. The summed E-state index contributed by atoms with van der Waals surface area (Å²) in [7, 11) is 2.91. The van der Waals surface area contributed by atoms with Crippen molar-refractivity contribution in [3.8, 4) is 23.0 Å². The molecule has 0 aliphatic carbocycles. The van der Waals surface area contributed by atoms with E-state index in [1.165, 1.54) is 38.5 Å². The third-order valence-corrected chi connectivity index (χ3v) is 3.99. The van der Waals surface area contributed by atoms with E-state index in [9.17, 15) is 15.3 Å². The van der Waals surface area contributed by atoms with Crippen molar-refractivity contribution in [2.24, 2.45) is 0 Å². The van der Waals surface area contributed by atoms with Crippen LogP contribution in [0.4, 0.5) is 0 Å². The van der Waals surface area contributed by atoms with Crippen molar-refractivity contribution in [2.75, 3.05) is 27.4 Å². The van der Waals surface area contributed by atoms with Crippen molar-refractivity contribution in [3.63, 3.8) is 0 Å². The Labute approximate surface area is 157 Å². The predicted molar refractivity (Wildman–Crippen MR) is 100 cm³/mol. The summed E-state index contributed by atoms with van der Waals surface area (Å²) >= 11 is 0. The summed E-state index contributed by atoms with van der Waals surface area (Å²) in [4.78, 5) is 0. The van der Waals surface area contributed by atoms with Crippen molar-refractivity contribution >= 4 is 6.08 Å². The number of hydrogen-bond donors (Lipinski definition) is 4. The van der Waals surface area contributed by atoms with Crippen LogP contribution in [0, 0.1) is 0 Å². The molecule has 0 aliphatic heterocycles. The van der Waals surface area contributed by atoms with E-state index in [1.54, 1.807) is 24.3 Å². The summed E-state index contributed by atoms with van der Waals surface area (Å²) in [5.41, 5.74) is 0.988. The maximum atomic E-state index is 10.6. The Morgan fingerprint density at radius 2 is 1.70 bits per heavy atom. The molecular weight excluding hydrogens is 352 g/mol. The van der Waals surface area contributed by atoms with Crippen molar-refractivity contribution in [1.82, 2.24) is 0 Å². The molecule has 4 N–H and O–H groups in total. The van der Waals surface area contributed by atoms with Gasteiger partial charge < -0.3 is 34.6 Å². The Bertz CT molecular complexity index is 773. The number of aliphatic hydroxyl groups is 3. The topological polar surface area (TPSA) is 109 Å². The largest absolute Gasteiger partial charge is 0.504 e. The van der Waals surface area contributed by atoms with Crippen LogP contribution in [-0.4, -0.2) is 54.0 Å². The lowest BCUT2D eigenvalue weighted by Crippen LogP contribution is -2.29. The van der Waals surface area contributed by atoms with Gasteiger partial charge in [0.05, 0.1) is 33.0 Å². The SMILES string of the molecule is COc1cc([C@@H](O)[C@@H](CO)Oc2cccc(OC)c2C=CCO)ccc1O. The summed E-state index contributed by atoms with van der Waals surface area (Å²) in [6.07, 6.45) is 1.01. The molecule has 0 fully saturated rings. The van der Waals surface area contributed by atoms with E-state index in [4.69, 9.17) is 19.3 Å². The maximum absolute atomic E-state index is 10.6. The summed E-state index contributed by atoms with van der Waals surface area (Å²) in [6.45, 7) is -0.610. The third-order valence-electron chi connectivity index (χ3n) is 3.99. The van der Waals surface area contributed by atoms with Crippen LogP contribution in [0.15, 0.2) is 42.5 Å². The number of phenolic OH excluding ortho intramolecular Hbond substituents is 1. The van der Waals surface area contributed by atoms with Crippen molar-refractivity contribution in [1.29, 1.82) is 0 Å². The molecule has 0 amide bonds. The van der Waals surface area contributed by atoms with Gasteiger partial charge in [0, 0.05) is 0 Å². The first-order valence-electron chi connectivity index (χ1n) is 8.32. The van der Waals surface area contributed by atoms with Gasteiger partial charge in [-0.2, -0.15) is 0 Å². The number of hydrogen-bond acceptors (Lipinski definition) is 7. The number of phenols is 1. The third kappa shape index (κ3) is 4.91. The molecule has 0 aromatic heterocycles. The molecule has 0 aliphatic rings. The van der Waals surface area contributed by atoms with Gasteiger partial charge in [0.2, 0.25) is 0 Å². The Kier molecular flexibility index (Phi) is 7.48. The van der Waals surface area contributed by atoms with Gasteiger partial charge in [-0.15, -0.1) is 0 Å². The van der Waals surface area contributed by atoms with E-state index < -0.39 is 18.8 Å². The maximum Gasteiger partial charge on any atom is 0.160 e. The molecule has 0 heterocycles. The lowest BCUT2D eigenvalue weighted by Gasteiger charge is -2.24. The number of methoxy groups -OCH3 is 2. The van der Waals surface area contributed by atoms with Gasteiger partial charge in [-0.05, 0) is 35.9 Å². The van der Waals surface area contributed by atoms with E-state index in [2.05, 4.69) is 0 Å². The zero-order valence-electron chi connectivity index (χ0n) is 15.2. The average molecular weight is 376 g/mol. The molecule has 7 heteroatoms. The molecule has 0 saturated heterocycles. The molecule has 27 heavy (non-hydrogen) atoms.